The van der Waals surface area contributed by atoms with Crippen LogP contribution in [0.4, 0.5) is 0 Å². The van der Waals surface area contributed by atoms with Crippen LogP contribution in [0.15, 0.2) is 18.2 Å². The fourth-order valence-corrected chi connectivity index (χ4v) is 2.53. The molecular weight excluding hydrogens is 282 g/mol. The van der Waals surface area contributed by atoms with Gasteiger partial charge in [-0.05, 0) is 44.2 Å². The lowest BCUT2D eigenvalue weighted by atomic mass is 9.84. The molecule has 3 unspecified atom stereocenters. The molecule has 124 valence electrons. The average Bonchev–Trinajstić information content (AvgIpc) is 2.47. The van der Waals surface area contributed by atoms with Crippen LogP contribution in [-0.2, 0) is 4.79 Å². The first-order valence-electron chi connectivity index (χ1n) is 7.79. The first kappa shape index (κ1) is 18.3. The van der Waals surface area contributed by atoms with Crippen LogP contribution in [0.25, 0.3) is 0 Å². The molecule has 0 spiro atoms. The van der Waals surface area contributed by atoms with Crippen molar-refractivity contribution in [2.75, 3.05) is 13.2 Å². The molecule has 0 saturated heterocycles. The maximum atomic E-state index is 11.0. The maximum absolute atomic E-state index is 11.0. The smallest absolute Gasteiger partial charge is 0.320 e. The van der Waals surface area contributed by atoms with E-state index in [-0.39, 0.29) is 11.8 Å². The highest BCUT2D eigenvalue weighted by Gasteiger charge is 2.25. The molecule has 0 aliphatic rings. The Kier molecular flexibility index (Phi) is 7.18. The predicted octanol–water partition coefficient (Wildman–Crippen LogP) is 3.03. The van der Waals surface area contributed by atoms with E-state index in [0.29, 0.717) is 19.6 Å². The normalized spacial score (nSPS) is 15.0. The molecule has 0 aliphatic carbocycles. The summed E-state index contributed by atoms with van der Waals surface area (Å²) in [6.07, 6.45) is 0.405. The van der Waals surface area contributed by atoms with Crippen LogP contribution in [0.5, 0.6) is 11.5 Å². The Morgan fingerprint density at radius 2 is 1.68 bits per heavy atom. The number of hydrogen-bond acceptors (Lipinski definition) is 4. The number of ether oxygens (including phenoxy) is 2. The Hall–Kier alpha value is -1.75. The van der Waals surface area contributed by atoms with Crippen LogP contribution in [0.2, 0.25) is 0 Å². The van der Waals surface area contributed by atoms with Gasteiger partial charge in [0.05, 0.1) is 13.2 Å². The zero-order valence-electron chi connectivity index (χ0n) is 13.8. The topological polar surface area (TPSA) is 81.8 Å². The van der Waals surface area contributed by atoms with E-state index < -0.39 is 12.0 Å². The number of benzene rings is 1. The molecule has 0 fully saturated rings. The molecule has 0 amide bonds. The zero-order valence-corrected chi connectivity index (χ0v) is 13.8. The summed E-state index contributed by atoms with van der Waals surface area (Å²) in [6, 6.07) is 4.88. The van der Waals surface area contributed by atoms with Gasteiger partial charge in [-0.1, -0.05) is 19.9 Å². The predicted molar refractivity (Wildman–Crippen MR) is 86.6 cm³/mol. The van der Waals surface area contributed by atoms with Crippen molar-refractivity contribution in [1.82, 2.24) is 0 Å². The molecule has 0 aromatic heterocycles. The monoisotopic (exact) mass is 309 g/mol. The van der Waals surface area contributed by atoms with E-state index in [1.165, 1.54) is 0 Å². The van der Waals surface area contributed by atoms with Crippen LogP contribution >= 0.6 is 0 Å². The lowest BCUT2D eigenvalue weighted by Gasteiger charge is -2.26. The standard InChI is InChI=1S/C17H27NO4/c1-5-21-14-8-7-9-15(22-6-2)16(14)12(4)11(3)10-13(18)17(19)20/h7-9,11-13H,5-6,10,18H2,1-4H3,(H,19,20). The van der Waals surface area contributed by atoms with Crippen LogP contribution in [0, 0.1) is 5.92 Å². The maximum Gasteiger partial charge on any atom is 0.320 e. The second-order valence-electron chi connectivity index (χ2n) is 5.48. The molecule has 0 bridgehead atoms. The van der Waals surface area contributed by atoms with Crippen molar-refractivity contribution in [2.45, 2.75) is 46.1 Å². The summed E-state index contributed by atoms with van der Waals surface area (Å²) in [4.78, 5) is 11.0. The van der Waals surface area contributed by atoms with Gasteiger partial charge >= 0.3 is 5.97 Å². The minimum atomic E-state index is -0.970. The molecule has 0 heterocycles. The van der Waals surface area contributed by atoms with E-state index in [1.807, 2.05) is 39.0 Å². The third-order valence-electron chi connectivity index (χ3n) is 3.88. The molecule has 22 heavy (non-hydrogen) atoms. The first-order valence-corrected chi connectivity index (χ1v) is 7.79. The van der Waals surface area contributed by atoms with Gasteiger partial charge in [-0.25, -0.2) is 0 Å². The second kappa shape index (κ2) is 8.63. The molecule has 3 atom stereocenters. The number of hydrogen-bond donors (Lipinski definition) is 2. The van der Waals surface area contributed by atoms with Gasteiger partial charge in [0.1, 0.15) is 17.5 Å². The van der Waals surface area contributed by atoms with E-state index >= 15 is 0 Å². The molecule has 1 rings (SSSR count). The van der Waals surface area contributed by atoms with Crippen molar-refractivity contribution in [2.24, 2.45) is 11.7 Å². The minimum Gasteiger partial charge on any atom is -0.493 e. The second-order valence-corrected chi connectivity index (χ2v) is 5.48. The summed E-state index contributed by atoms with van der Waals surface area (Å²) in [5, 5.41) is 8.99. The van der Waals surface area contributed by atoms with Crippen molar-refractivity contribution in [3.8, 4) is 11.5 Å². The Labute approximate surface area is 132 Å². The highest BCUT2D eigenvalue weighted by atomic mass is 16.5. The van der Waals surface area contributed by atoms with Crippen LogP contribution in [0.3, 0.4) is 0 Å². The van der Waals surface area contributed by atoms with Gasteiger partial charge in [0, 0.05) is 5.56 Å². The molecule has 1 aromatic carbocycles. The zero-order chi connectivity index (χ0) is 16.7. The largest absolute Gasteiger partial charge is 0.493 e. The van der Waals surface area contributed by atoms with Crippen LogP contribution in [0.1, 0.15) is 45.6 Å². The lowest BCUT2D eigenvalue weighted by Crippen LogP contribution is -2.33. The van der Waals surface area contributed by atoms with Gasteiger partial charge in [0.15, 0.2) is 0 Å². The number of carboxylic acid groups (broad SMARTS) is 1. The van der Waals surface area contributed by atoms with Crippen molar-refractivity contribution >= 4 is 5.97 Å². The minimum absolute atomic E-state index is 0.0784. The Balaban J connectivity index is 3.07. The Morgan fingerprint density at radius 3 is 2.09 bits per heavy atom. The summed E-state index contributed by atoms with van der Waals surface area (Å²) in [5.41, 5.74) is 6.65. The number of nitrogens with two attached hydrogens (primary N) is 1. The molecule has 0 aliphatic heterocycles. The molecule has 5 heteroatoms. The first-order chi connectivity index (χ1) is 10.4. The lowest BCUT2D eigenvalue weighted by molar-refractivity contribution is -0.138. The summed E-state index contributed by atoms with van der Waals surface area (Å²) < 4.78 is 11.4. The summed E-state index contributed by atoms with van der Waals surface area (Å²) in [7, 11) is 0. The van der Waals surface area contributed by atoms with E-state index in [0.717, 1.165) is 17.1 Å². The van der Waals surface area contributed by atoms with Gasteiger partial charge < -0.3 is 20.3 Å². The van der Waals surface area contributed by atoms with Crippen molar-refractivity contribution in [3.05, 3.63) is 23.8 Å². The van der Waals surface area contributed by atoms with E-state index in [4.69, 9.17) is 20.3 Å². The van der Waals surface area contributed by atoms with Gasteiger partial charge in [-0.15, -0.1) is 0 Å². The highest BCUT2D eigenvalue weighted by molar-refractivity contribution is 5.73. The fourth-order valence-electron chi connectivity index (χ4n) is 2.53. The summed E-state index contributed by atoms with van der Waals surface area (Å²) in [6.45, 7) is 9.07. The molecule has 1 aromatic rings. The molecule has 5 nitrogen and oxygen atoms in total. The van der Waals surface area contributed by atoms with Crippen molar-refractivity contribution in [3.63, 3.8) is 0 Å². The van der Waals surface area contributed by atoms with Crippen LogP contribution < -0.4 is 15.2 Å². The van der Waals surface area contributed by atoms with E-state index in [1.54, 1.807) is 0 Å². The number of rotatable bonds is 9. The SMILES string of the molecule is CCOc1cccc(OCC)c1C(C)C(C)CC(N)C(=O)O. The number of carboxylic acids is 1. The third-order valence-corrected chi connectivity index (χ3v) is 3.88. The number of carbonyl (C=O) groups is 1. The summed E-state index contributed by atoms with van der Waals surface area (Å²) in [5.74, 6) is 0.775. The van der Waals surface area contributed by atoms with Gasteiger partial charge in [0.2, 0.25) is 0 Å². The van der Waals surface area contributed by atoms with Crippen molar-refractivity contribution in [1.29, 1.82) is 0 Å². The molecule has 0 radical (unpaired) electrons. The van der Waals surface area contributed by atoms with Crippen molar-refractivity contribution < 1.29 is 19.4 Å². The van der Waals surface area contributed by atoms with E-state index in [9.17, 15) is 4.79 Å². The molecular formula is C17H27NO4. The van der Waals surface area contributed by atoms with Gasteiger partial charge in [-0.3, -0.25) is 4.79 Å². The van der Waals surface area contributed by atoms with E-state index in [2.05, 4.69) is 6.92 Å². The molecule has 0 saturated carbocycles. The Morgan fingerprint density at radius 1 is 1.18 bits per heavy atom. The van der Waals surface area contributed by atoms with Gasteiger partial charge in [0.25, 0.3) is 0 Å². The average molecular weight is 309 g/mol. The third kappa shape index (κ3) is 4.63. The number of aliphatic carboxylic acids is 1. The Bertz CT molecular complexity index is 465. The van der Waals surface area contributed by atoms with Crippen LogP contribution in [-0.4, -0.2) is 30.3 Å². The summed E-state index contributed by atoms with van der Waals surface area (Å²) >= 11 is 0. The highest BCUT2D eigenvalue weighted by Crippen LogP contribution is 2.40. The molecule has 3 N–H and O–H groups in total. The van der Waals surface area contributed by atoms with Gasteiger partial charge in [-0.2, -0.15) is 0 Å². The fraction of sp³-hybridized carbons (Fsp3) is 0.588. The quantitative estimate of drug-likeness (QED) is 0.732.